The van der Waals surface area contributed by atoms with Crippen molar-refractivity contribution >= 4 is 12.0 Å². The lowest BCUT2D eigenvalue weighted by Gasteiger charge is -2.37. The zero-order valence-electron chi connectivity index (χ0n) is 19.7. The predicted octanol–water partition coefficient (Wildman–Crippen LogP) is 4.12. The summed E-state index contributed by atoms with van der Waals surface area (Å²) >= 11 is 0. The number of nitriles is 1. The highest BCUT2D eigenvalue weighted by Gasteiger charge is 2.43. The highest BCUT2D eigenvalue weighted by molar-refractivity contribution is 5.90. The van der Waals surface area contributed by atoms with Crippen LogP contribution in [0.1, 0.15) is 39.2 Å². The minimum Gasteiger partial charge on any atom is -0.444 e. The number of rotatable bonds is 6. The lowest BCUT2D eigenvalue weighted by Crippen LogP contribution is -2.63. The van der Waals surface area contributed by atoms with Gasteiger partial charge in [0.2, 0.25) is 5.91 Å². The van der Waals surface area contributed by atoms with Gasteiger partial charge >= 0.3 is 6.09 Å². The van der Waals surface area contributed by atoms with Gasteiger partial charge in [0.1, 0.15) is 23.0 Å². The molecule has 3 rings (SSSR count). The monoisotopic (exact) mass is 467 g/mol. The molecule has 2 amide bonds. The van der Waals surface area contributed by atoms with E-state index in [0.717, 1.165) is 16.7 Å². The maximum atomic E-state index is 13.2. The molecule has 2 N–H and O–H groups in total. The molecule has 0 aliphatic carbocycles. The number of nitrogens with zero attached hydrogens (tertiary/aromatic N) is 1. The molecule has 0 spiro atoms. The molecule has 2 aromatic rings. The summed E-state index contributed by atoms with van der Waals surface area (Å²) < 4.78 is 23.9. The predicted molar refractivity (Wildman–Crippen MR) is 125 cm³/mol. The van der Waals surface area contributed by atoms with Crippen LogP contribution >= 0.6 is 0 Å². The molecule has 0 aromatic heterocycles. The van der Waals surface area contributed by atoms with Gasteiger partial charge in [-0.1, -0.05) is 36.4 Å². The van der Waals surface area contributed by atoms with E-state index in [1.807, 2.05) is 24.3 Å². The lowest BCUT2D eigenvalue weighted by atomic mass is 9.88. The van der Waals surface area contributed by atoms with E-state index in [2.05, 4.69) is 16.7 Å². The van der Waals surface area contributed by atoms with Crippen LogP contribution in [-0.4, -0.2) is 42.4 Å². The Balaban J connectivity index is 1.67. The number of nitrogens with one attached hydrogen (secondary N) is 2. The third-order valence-electron chi connectivity index (χ3n) is 5.55. The molecule has 34 heavy (non-hydrogen) atoms. The summed E-state index contributed by atoms with van der Waals surface area (Å²) in [5, 5.41) is 15.2. The normalized spacial score (nSPS) is 16.1. The third-order valence-corrected chi connectivity index (χ3v) is 5.55. The van der Waals surface area contributed by atoms with Crippen LogP contribution in [0.3, 0.4) is 0 Å². The van der Waals surface area contributed by atoms with E-state index in [9.17, 15) is 19.2 Å². The average molecular weight is 468 g/mol. The SMILES string of the molecule is CC(C)(C)OC(=O)NC1(C(=O)NC(C#N)Cc2ccc(-c3ccc(F)cc3)cc2)CCOCC1. The van der Waals surface area contributed by atoms with Crippen molar-refractivity contribution in [3.63, 3.8) is 0 Å². The highest BCUT2D eigenvalue weighted by Crippen LogP contribution is 2.24. The van der Waals surface area contributed by atoms with E-state index in [4.69, 9.17) is 9.47 Å². The van der Waals surface area contributed by atoms with Gasteiger partial charge in [0.25, 0.3) is 0 Å². The number of halogens is 1. The lowest BCUT2D eigenvalue weighted by molar-refractivity contribution is -0.132. The van der Waals surface area contributed by atoms with Gasteiger partial charge in [0.05, 0.1) is 6.07 Å². The second-order valence-electron chi connectivity index (χ2n) is 9.38. The molecule has 1 atom stereocenters. The van der Waals surface area contributed by atoms with E-state index >= 15 is 0 Å². The van der Waals surface area contributed by atoms with Crippen molar-refractivity contribution < 1.29 is 23.5 Å². The van der Waals surface area contributed by atoms with Crippen molar-refractivity contribution in [3.05, 3.63) is 59.9 Å². The van der Waals surface area contributed by atoms with E-state index in [1.165, 1.54) is 12.1 Å². The maximum Gasteiger partial charge on any atom is 0.408 e. The van der Waals surface area contributed by atoms with E-state index < -0.39 is 29.2 Å². The zero-order chi connectivity index (χ0) is 24.8. The van der Waals surface area contributed by atoms with Crippen LogP contribution in [0.15, 0.2) is 48.5 Å². The molecule has 1 fully saturated rings. The minimum absolute atomic E-state index is 0.280. The fraction of sp³-hybridized carbons (Fsp3) is 0.423. The van der Waals surface area contributed by atoms with Crippen molar-refractivity contribution in [1.29, 1.82) is 5.26 Å². The molecule has 7 nitrogen and oxygen atoms in total. The van der Waals surface area contributed by atoms with Crippen molar-refractivity contribution in [3.8, 4) is 17.2 Å². The summed E-state index contributed by atoms with van der Waals surface area (Å²) in [7, 11) is 0. The maximum absolute atomic E-state index is 13.2. The molecule has 8 heteroatoms. The minimum atomic E-state index is -1.21. The summed E-state index contributed by atoms with van der Waals surface area (Å²) in [6, 6.07) is 15.1. The Morgan fingerprint density at radius 2 is 1.65 bits per heavy atom. The van der Waals surface area contributed by atoms with Crippen LogP contribution < -0.4 is 10.6 Å². The summed E-state index contributed by atoms with van der Waals surface area (Å²) in [4.78, 5) is 25.6. The summed E-state index contributed by atoms with van der Waals surface area (Å²) in [5.74, 6) is -0.729. The Morgan fingerprint density at radius 1 is 1.09 bits per heavy atom. The molecule has 0 radical (unpaired) electrons. The first-order valence-electron chi connectivity index (χ1n) is 11.2. The fourth-order valence-electron chi connectivity index (χ4n) is 3.76. The Morgan fingerprint density at radius 3 is 2.18 bits per heavy atom. The van der Waals surface area contributed by atoms with Crippen LogP contribution in [0.4, 0.5) is 9.18 Å². The number of carbonyl (C=O) groups is 2. The standard InChI is InChI=1S/C26H30FN3O4/c1-25(2,3)34-24(32)30-26(12-14-33-15-13-26)23(31)29-22(17-28)16-18-4-6-19(7-5-18)20-8-10-21(27)11-9-20/h4-11,22H,12-16H2,1-3H3,(H,29,31)(H,30,32). The first kappa shape index (κ1) is 25.2. The second kappa shape index (κ2) is 10.7. The van der Waals surface area contributed by atoms with E-state index in [0.29, 0.717) is 19.6 Å². The van der Waals surface area contributed by atoms with Crippen molar-refractivity contribution in [1.82, 2.24) is 10.6 Å². The summed E-state index contributed by atoms with van der Waals surface area (Å²) in [5.41, 5.74) is 0.750. The highest BCUT2D eigenvalue weighted by atomic mass is 19.1. The van der Waals surface area contributed by atoms with Crippen molar-refractivity contribution in [2.24, 2.45) is 0 Å². The number of amides is 2. The van der Waals surface area contributed by atoms with E-state index in [-0.39, 0.29) is 18.7 Å². The largest absolute Gasteiger partial charge is 0.444 e. The summed E-state index contributed by atoms with van der Waals surface area (Å²) in [6.45, 7) is 5.86. The quantitative estimate of drug-likeness (QED) is 0.666. The number of alkyl carbamates (subject to hydrolysis) is 1. The molecular weight excluding hydrogens is 437 g/mol. The van der Waals surface area contributed by atoms with Crippen molar-refractivity contribution in [2.45, 2.75) is 57.2 Å². The first-order chi connectivity index (χ1) is 16.1. The average Bonchev–Trinajstić information content (AvgIpc) is 2.79. The smallest absolute Gasteiger partial charge is 0.408 e. The van der Waals surface area contributed by atoms with Gasteiger partial charge < -0.3 is 20.1 Å². The molecule has 1 aliphatic heterocycles. The fourth-order valence-corrected chi connectivity index (χ4v) is 3.76. The number of benzene rings is 2. The topological polar surface area (TPSA) is 100 Å². The molecule has 0 bridgehead atoms. The van der Waals surface area contributed by atoms with Crippen LogP contribution in [0.25, 0.3) is 11.1 Å². The number of hydrogen-bond donors (Lipinski definition) is 2. The summed E-state index contributed by atoms with van der Waals surface area (Å²) in [6.07, 6.45) is 0.172. The number of carbonyl (C=O) groups excluding carboxylic acids is 2. The van der Waals surface area contributed by atoms with Gasteiger partial charge in [-0.25, -0.2) is 9.18 Å². The molecule has 180 valence electrons. The molecule has 1 saturated heterocycles. The molecule has 1 aliphatic rings. The van der Waals surface area contributed by atoms with Crippen LogP contribution in [0, 0.1) is 17.1 Å². The molecular formula is C26H30FN3O4. The number of ether oxygens (including phenoxy) is 2. The molecule has 1 unspecified atom stereocenters. The number of hydrogen-bond acceptors (Lipinski definition) is 5. The van der Waals surface area contributed by atoms with Gasteiger partial charge in [-0.05, 0) is 49.6 Å². The molecule has 1 heterocycles. The van der Waals surface area contributed by atoms with Crippen LogP contribution in [-0.2, 0) is 20.7 Å². The first-order valence-corrected chi connectivity index (χ1v) is 11.2. The Kier molecular flexibility index (Phi) is 7.90. The van der Waals surface area contributed by atoms with E-state index in [1.54, 1.807) is 32.9 Å². The van der Waals surface area contributed by atoms with Gasteiger partial charge in [0.15, 0.2) is 0 Å². The zero-order valence-corrected chi connectivity index (χ0v) is 19.7. The van der Waals surface area contributed by atoms with Gasteiger partial charge in [-0.2, -0.15) is 5.26 Å². The Hall–Kier alpha value is -3.44. The molecule has 0 saturated carbocycles. The van der Waals surface area contributed by atoms with Crippen LogP contribution in [0.5, 0.6) is 0 Å². The Bertz CT molecular complexity index is 1030. The van der Waals surface area contributed by atoms with Gasteiger partial charge in [-0.3, -0.25) is 4.79 Å². The van der Waals surface area contributed by atoms with Gasteiger partial charge in [0, 0.05) is 32.5 Å². The van der Waals surface area contributed by atoms with Gasteiger partial charge in [-0.15, -0.1) is 0 Å². The van der Waals surface area contributed by atoms with Crippen LogP contribution in [0.2, 0.25) is 0 Å². The third kappa shape index (κ3) is 6.78. The Labute approximate surface area is 199 Å². The van der Waals surface area contributed by atoms with Crippen molar-refractivity contribution in [2.75, 3.05) is 13.2 Å². The molecule has 2 aromatic carbocycles. The second-order valence-corrected chi connectivity index (χ2v) is 9.38.